The van der Waals surface area contributed by atoms with Crippen LogP contribution in [-0.4, -0.2) is 58.4 Å². The van der Waals surface area contributed by atoms with Crippen molar-refractivity contribution in [3.8, 4) is 5.75 Å². The maximum atomic E-state index is 10.1. The Morgan fingerprint density at radius 3 is 2.08 bits per heavy atom. The molecule has 1 aliphatic heterocycles. The maximum Gasteiger partial charge on any atom is 0.631 e. The minimum absolute atomic E-state index is 0.111. The Balaban J connectivity index is 0.000000648. The molecule has 8 heteroatoms. The Morgan fingerprint density at radius 1 is 1.12 bits per heavy atom. The van der Waals surface area contributed by atoms with Gasteiger partial charge in [-0.3, -0.25) is 0 Å². The summed E-state index contributed by atoms with van der Waals surface area (Å²) in [5.74, 6) is 0.754. The minimum atomic E-state index is -2.17. The average Bonchev–Trinajstić information content (AvgIpc) is 2.47. The number of nitrogens with one attached hydrogen (secondary N) is 1. The largest absolute Gasteiger partial charge is 0.631 e. The van der Waals surface area contributed by atoms with Crippen LogP contribution in [-0.2, 0) is 4.74 Å². The number of hydrogen-bond acceptors (Lipinski definition) is 7. The molecule has 136 valence electrons. The first-order chi connectivity index (χ1) is 11.0. The molecule has 2 rings (SSSR count). The predicted molar refractivity (Wildman–Crippen MR) is 91.4 cm³/mol. The molecule has 1 aromatic rings. The quantitative estimate of drug-likeness (QED) is 0.498. The van der Waals surface area contributed by atoms with Crippen molar-refractivity contribution < 1.29 is 29.7 Å². The molecule has 1 unspecified atom stereocenters. The highest BCUT2D eigenvalue weighted by Gasteiger charge is 2.37. The summed E-state index contributed by atoms with van der Waals surface area (Å²) in [6.07, 6.45) is 0.111. The van der Waals surface area contributed by atoms with Gasteiger partial charge < -0.3 is 35.0 Å². The molecular formula is C16H28BNO6. The van der Waals surface area contributed by atoms with Crippen molar-refractivity contribution >= 4 is 7.32 Å². The van der Waals surface area contributed by atoms with Crippen molar-refractivity contribution in [2.75, 3.05) is 19.7 Å². The Morgan fingerprint density at radius 2 is 1.67 bits per heavy atom. The Bertz CT molecular complexity index is 478. The summed E-state index contributed by atoms with van der Waals surface area (Å²) >= 11 is 0. The van der Waals surface area contributed by atoms with Crippen LogP contribution in [0.15, 0.2) is 24.3 Å². The molecule has 0 saturated carbocycles. The van der Waals surface area contributed by atoms with Gasteiger partial charge in [0.05, 0.1) is 18.3 Å². The van der Waals surface area contributed by atoms with Gasteiger partial charge in [0.25, 0.3) is 0 Å². The van der Waals surface area contributed by atoms with Crippen LogP contribution in [0.25, 0.3) is 0 Å². The van der Waals surface area contributed by atoms with Gasteiger partial charge in [-0.05, 0) is 45.4 Å². The molecule has 7 nitrogen and oxygen atoms in total. The molecule has 1 aromatic carbocycles. The molecule has 0 spiro atoms. The van der Waals surface area contributed by atoms with Gasteiger partial charge in [0.2, 0.25) is 0 Å². The van der Waals surface area contributed by atoms with E-state index in [-0.39, 0.29) is 6.10 Å². The third-order valence-corrected chi connectivity index (χ3v) is 4.03. The van der Waals surface area contributed by atoms with Crippen LogP contribution >= 0.6 is 0 Å². The van der Waals surface area contributed by atoms with Crippen molar-refractivity contribution in [1.82, 2.24) is 5.32 Å². The molecule has 0 bridgehead atoms. The monoisotopic (exact) mass is 341 g/mol. The number of hydrogen-bond donors (Lipinski definition) is 5. The lowest BCUT2D eigenvalue weighted by Gasteiger charge is -2.37. The first-order valence-corrected chi connectivity index (χ1v) is 7.91. The zero-order valence-corrected chi connectivity index (χ0v) is 14.7. The zero-order valence-electron chi connectivity index (χ0n) is 14.7. The number of benzene rings is 1. The van der Waals surface area contributed by atoms with E-state index in [1.807, 2.05) is 38.1 Å². The molecule has 0 aromatic heterocycles. The molecule has 0 amide bonds. The molecule has 0 aliphatic carbocycles. The molecule has 1 saturated heterocycles. The van der Waals surface area contributed by atoms with Gasteiger partial charge >= 0.3 is 7.32 Å². The smallest absolute Gasteiger partial charge is 0.485 e. The van der Waals surface area contributed by atoms with E-state index in [0.717, 1.165) is 31.0 Å². The van der Waals surface area contributed by atoms with Crippen molar-refractivity contribution in [2.45, 2.75) is 45.0 Å². The van der Waals surface area contributed by atoms with Crippen LogP contribution in [0.1, 0.15) is 39.4 Å². The van der Waals surface area contributed by atoms with Gasteiger partial charge in [-0.25, -0.2) is 0 Å². The van der Waals surface area contributed by atoms with Crippen LogP contribution in [0.2, 0.25) is 0 Å². The third kappa shape index (κ3) is 6.76. The molecule has 1 aliphatic rings. The number of morpholine rings is 1. The van der Waals surface area contributed by atoms with E-state index >= 15 is 0 Å². The molecular weight excluding hydrogens is 313 g/mol. The summed E-state index contributed by atoms with van der Waals surface area (Å²) in [4.78, 5) is 0. The van der Waals surface area contributed by atoms with Crippen molar-refractivity contribution in [3.05, 3.63) is 29.8 Å². The highest BCUT2D eigenvalue weighted by molar-refractivity contribution is 6.30. The van der Waals surface area contributed by atoms with E-state index in [4.69, 9.17) is 24.5 Å². The van der Waals surface area contributed by atoms with Gasteiger partial charge in [0.1, 0.15) is 11.4 Å². The van der Waals surface area contributed by atoms with E-state index in [1.165, 1.54) is 0 Å². The van der Waals surface area contributed by atoms with E-state index in [0.29, 0.717) is 0 Å². The number of ether oxygens (including phenoxy) is 2. The normalized spacial score (nSPS) is 18.4. The minimum Gasteiger partial charge on any atom is -0.485 e. The van der Waals surface area contributed by atoms with Crippen molar-refractivity contribution in [3.63, 3.8) is 0 Å². The van der Waals surface area contributed by atoms with Crippen LogP contribution in [0.5, 0.6) is 5.75 Å². The molecule has 1 heterocycles. The number of rotatable bonds is 4. The fourth-order valence-corrected chi connectivity index (χ4v) is 1.95. The van der Waals surface area contributed by atoms with E-state index in [2.05, 4.69) is 5.32 Å². The second-order valence-electron chi connectivity index (χ2n) is 6.65. The highest BCUT2D eigenvalue weighted by atomic mass is 16.5. The van der Waals surface area contributed by atoms with Crippen molar-refractivity contribution in [2.24, 2.45) is 0 Å². The second-order valence-corrected chi connectivity index (χ2v) is 6.65. The lowest BCUT2D eigenvalue weighted by atomic mass is 9.89. The molecule has 0 radical (unpaired) electrons. The molecule has 5 N–H and O–H groups in total. The standard InChI is InChI=1S/C16H25NO3.BH3O3/c1-15(2,18)16(3,4)20-13-7-5-12(6-8-13)14-11-17-9-10-19-14;2-1(3)4/h5-8,14,17-18H,9-11H2,1-4H3;2-4H. The van der Waals surface area contributed by atoms with E-state index < -0.39 is 18.5 Å². The molecule has 1 atom stereocenters. The number of aliphatic hydroxyl groups is 1. The van der Waals surface area contributed by atoms with Crippen LogP contribution in [0, 0.1) is 0 Å². The fourth-order valence-electron chi connectivity index (χ4n) is 1.95. The zero-order chi connectivity index (χ0) is 18.4. The van der Waals surface area contributed by atoms with Gasteiger partial charge in [0.15, 0.2) is 0 Å². The predicted octanol–water partition coefficient (Wildman–Crippen LogP) is 0.224. The maximum absolute atomic E-state index is 10.1. The lowest BCUT2D eigenvalue weighted by molar-refractivity contribution is -0.0906. The van der Waals surface area contributed by atoms with Crippen LogP contribution in [0.4, 0.5) is 0 Å². The summed E-state index contributed by atoms with van der Waals surface area (Å²) in [7, 11) is -2.17. The first kappa shape index (κ1) is 20.9. The van der Waals surface area contributed by atoms with E-state index in [1.54, 1.807) is 13.8 Å². The Hall–Kier alpha value is -1.16. The molecule has 24 heavy (non-hydrogen) atoms. The molecule has 1 fully saturated rings. The SMILES string of the molecule is CC(C)(O)C(C)(C)Oc1ccc(C2CNCCO2)cc1.OB(O)O. The summed E-state index contributed by atoms with van der Waals surface area (Å²) in [5.41, 5.74) is -0.426. The topological polar surface area (TPSA) is 111 Å². The first-order valence-electron chi connectivity index (χ1n) is 7.91. The summed E-state index contributed by atoms with van der Waals surface area (Å²) in [5, 5.41) is 34.9. The summed E-state index contributed by atoms with van der Waals surface area (Å²) in [6, 6.07) is 7.91. The van der Waals surface area contributed by atoms with Gasteiger partial charge in [-0.15, -0.1) is 0 Å². The van der Waals surface area contributed by atoms with E-state index in [9.17, 15) is 5.11 Å². The highest BCUT2D eigenvalue weighted by Crippen LogP contribution is 2.29. The van der Waals surface area contributed by atoms with Gasteiger partial charge in [-0.1, -0.05) is 12.1 Å². The summed E-state index contributed by atoms with van der Waals surface area (Å²) < 4.78 is 11.6. The Kier molecular flexibility index (Phi) is 7.66. The van der Waals surface area contributed by atoms with Gasteiger partial charge in [-0.2, -0.15) is 0 Å². The Labute approximate surface area is 143 Å². The lowest BCUT2D eigenvalue weighted by Crippen LogP contribution is -2.49. The fraction of sp³-hybridized carbons (Fsp3) is 0.625. The van der Waals surface area contributed by atoms with Crippen molar-refractivity contribution in [1.29, 1.82) is 0 Å². The van der Waals surface area contributed by atoms with Gasteiger partial charge in [0, 0.05) is 13.1 Å². The summed E-state index contributed by atoms with van der Waals surface area (Å²) in [6.45, 7) is 9.78. The van der Waals surface area contributed by atoms with Crippen LogP contribution in [0.3, 0.4) is 0 Å². The van der Waals surface area contributed by atoms with Crippen LogP contribution < -0.4 is 10.1 Å². The second kappa shape index (κ2) is 8.80. The third-order valence-electron chi connectivity index (χ3n) is 4.03. The average molecular weight is 341 g/mol.